The average Bonchev–Trinajstić information content (AvgIpc) is 3.18. The molecule has 5 rings (SSSR count). The summed E-state index contributed by atoms with van der Waals surface area (Å²) >= 11 is 0. The maximum atomic E-state index is 13.3. The van der Waals surface area contributed by atoms with Crippen molar-refractivity contribution in [1.29, 1.82) is 0 Å². The topological polar surface area (TPSA) is 117 Å². The molecule has 40 heavy (non-hydrogen) atoms. The molecule has 1 aliphatic heterocycles. The quantitative estimate of drug-likeness (QED) is 0.277. The SMILES string of the molecule is CCOc1ccc(NC(=O)c2ccc(NC(=O)CN3C(=O)N[C@@](C)(c4ccc5ccccc5c4)C3=O)cc2)cc1. The maximum Gasteiger partial charge on any atom is 0.325 e. The number of imide groups is 1. The van der Waals surface area contributed by atoms with Crippen molar-refractivity contribution in [1.82, 2.24) is 10.2 Å². The number of urea groups is 1. The van der Waals surface area contributed by atoms with Crippen LogP contribution in [0.3, 0.4) is 0 Å². The molecule has 0 radical (unpaired) electrons. The first-order valence-electron chi connectivity index (χ1n) is 12.8. The molecule has 4 aromatic carbocycles. The summed E-state index contributed by atoms with van der Waals surface area (Å²) in [6.07, 6.45) is 0. The lowest BCUT2D eigenvalue weighted by molar-refractivity contribution is -0.133. The van der Waals surface area contributed by atoms with Gasteiger partial charge in [0, 0.05) is 16.9 Å². The van der Waals surface area contributed by atoms with Crippen LogP contribution in [0.15, 0.2) is 91.0 Å². The van der Waals surface area contributed by atoms with E-state index >= 15 is 0 Å². The number of nitrogens with one attached hydrogen (secondary N) is 3. The summed E-state index contributed by atoms with van der Waals surface area (Å²) in [6, 6.07) is 26.0. The van der Waals surface area contributed by atoms with Gasteiger partial charge >= 0.3 is 6.03 Å². The Morgan fingerprint density at radius 1 is 0.850 bits per heavy atom. The van der Waals surface area contributed by atoms with Crippen LogP contribution in [0, 0.1) is 0 Å². The number of rotatable bonds is 8. The molecule has 0 aliphatic carbocycles. The number of hydrogen-bond donors (Lipinski definition) is 3. The molecule has 9 heteroatoms. The van der Waals surface area contributed by atoms with Crippen molar-refractivity contribution in [3.8, 4) is 5.75 Å². The Labute approximate surface area is 231 Å². The van der Waals surface area contributed by atoms with Crippen molar-refractivity contribution in [2.45, 2.75) is 19.4 Å². The highest BCUT2D eigenvalue weighted by Crippen LogP contribution is 2.31. The zero-order valence-corrected chi connectivity index (χ0v) is 22.1. The van der Waals surface area contributed by atoms with E-state index in [-0.39, 0.29) is 5.91 Å². The highest BCUT2D eigenvalue weighted by Gasteiger charge is 2.49. The van der Waals surface area contributed by atoms with Crippen molar-refractivity contribution >= 4 is 45.9 Å². The summed E-state index contributed by atoms with van der Waals surface area (Å²) in [6.45, 7) is 3.63. The summed E-state index contributed by atoms with van der Waals surface area (Å²) in [4.78, 5) is 52.2. The predicted molar refractivity (Wildman–Crippen MR) is 152 cm³/mol. The van der Waals surface area contributed by atoms with Crippen LogP contribution in [0.25, 0.3) is 10.8 Å². The molecule has 5 amide bonds. The molecule has 1 heterocycles. The molecule has 0 unspecified atom stereocenters. The van der Waals surface area contributed by atoms with Gasteiger partial charge in [-0.25, -0.2) is 4.79 Å². The summed E-state index contributed by atoms with van der Waals surface area (Å²) < 4.78 is 5.40. The lowest BCUT2D eigenvalue weighted by Crippen LogP contribution is -2.42. The van der Waals surface area contributed by atoms with Crippen molar-refractivity contribution < 1.29 is 23.9 Å². The lowest BCUT2D eigenvalue weighted by atomic mass is 9.90. The summed E-state index contributed by atoms with van der Waals surface area (Å²) in [7, 11) is 0. The van der Waals surface area contributed by atoms with Crippen LogP contribution in [-0.2, 0) is 15.1 Å². The molecular formula is C31H28N4O5. The van der Waals surface area contributed by atoms with Gasteiger partial charge in [-0.2, -0.15) is 0 Å². The van der Waals surface area contributed by atoms with Crippen LogP contribution in [0.5, 0.6) is 5.75 Å². The largest absolute Gasteiger partial charge is 0.494 e. The normalized spacial score (nSPS) is 16.5. The third-order valence-corrected chi connectivity index (χ3v) is 6.76. The van der Waals surface area contributed by atoms with E-state index in [1.54, 1.807) is 61.5 Å². The van der Waals surface area contributed by atoms with Crippen LogP contribution in [-0.4, -0.2) is 41.8 Å². The Morgan fingerprint density at radius 2 is 1.50 bits per heavy atom. The van der Waals surface area contributed by atoms with Gasteiger partial charge in [0.25, 0.3) is 11.8 Å². The second kappa shape index (κ2) is 10.9. The summed E-state index contributed by atoms with van der Waals surface area (Å²) in [5, 5.41) is 10.2. The van der Waals surface area contributed by atoms with E-state index in [0.717, 1.165) is 15.7 Å². The van der Waals surface area contributed by atoms with Gasteiger partial charge in [0.15, 0.2) is 0 Å². The number of amides is 5. The number of ether oxygens (including phenoxy) is 1. The number of anilines is 2. The molecule has 1 aliphatic rings. The van der Waals surface area contributed by atoms with Crippen LogP contribution < -0.4 is 20.7 Å². The molecule has 9 nitrogen and oxygen atoms in total. The smallest absolute Gasteiger partial charge is 0.325 e. The second-order valence-corrected chi connectivity index (χ2v) is 9.55. The van der Waals surface area contributed by atoms with Gasteiger partial charge in [-0.3, -0.25) is 19.3 Å². The molecule has 4 aromatic rings. The number of fused-ring (bicyclic) bond motifs is 1. The average molecular weight is 537 g/mol. The van der Waals surface area contributed by atoms with Crippen molar-refractivity contribution in [2.24, 2.45) is 0 Å². The fourth-order valence-electron chi connectivity index (χ4n) is 4.59. The lowest BCUT2D eigenvalue weighted by Gasteiger charge is -2.22. The second-order valence-electron chi connectivity index (χ2n) is 9.55. The third kappa shape index (κ3) is 5.35. The molecule has 202 valence electrons. The molecule has 0 saturated carbocycles. The molecule has 1 atom stereocenters. The maximum absolute atomic E-state index is 13.3. The van der Waals surface area contributed by atoms with Gasteiger partial charge < -0.3 is 20.7 Å². The fraction of sp³-hybridized carbons (Fsp3) is 0.161. The first kappa shape index (κ1) is 26.4. The molecule has 0 aromatic heterocycles. The monoisotopic (exact) mass is 536 g/mol. The molecule has 3 N–H and O–H groups in total. The van der Waals surface area contributed by atoms with E-state index in [1.807, 2.05) is 43.3 Å². The van der Waals surface area contributed by atoms with E-state index in [0.29, 0.717) is 34.9 Å². The highest BCUT2D eigenvalue weighted by atomic mass is 16.5. The Balaban J connectivity index is 1.20. The van der Waals surface area contributed by atoms with Gasteiger partial charge in [0.05, 0.1) is 6.61 Å². The van der Waals surface area contributed by atoms with Crippen LogP contribution in [0.4, 0.5) is 16.2 Å². The Bertz CT molecular complexity index is 1600. The summed E-state index contributed by atoms with van der Waals surface area (Å²) in [5.41, 5.74) is 0.778. The number of carbonyl (C=O) groups is 4. The van der Waals surface area contributed by atoms with Gasteiger partial charge in [0.2, 0.25) is 5.91 Å². The number of hydrogen-bond acceptors (Lipinski definition) is 5. The molecule has 0 bridgehead atoms. The van der Waals surface area contributed by atoms with Gasteiger partial charge in [-0.05, 0) is 84.8 Å². The number of carbonyl (C=O) groups excluding carboxylic acids is 4. The number of benzene rings is 4. The summed E-state index contributed by atoms with van der Waals surface area (Å²) in [5.74, 6) is -0.650. The Kier molecular flexibility index (Phi) is 7.20. The minimum atomic E-state index is -1.29. The van der Waals surface area contributed by atoms with Crippen molar-refractivity contribution in [3.05, 3.63) is 102 Å². The van der Waals surface area contributed by atoms with Crippen LogP contribution >= 0.6 is 0 Å². The van der Waals surface area contributed by atoms with E-state index in [9.17, 15) is 19.2 Å². The van der Waals surface area contributed by atoms with Gasteiger partial charge in [0.1, 0.15) is 17.8 Å². The third-order valence-electron chi connectivity index (χ3n) is 6.76. The minimum Gasteiger partial charge on any atom is -0.494 e. The Morgan fingerprint density at radius 3 is 2.20 bits per heavy atom. The van der Waals surface area contributed by atoms with Crippen LogP contribution in [0.2, 0.25) is 0 Å². The standard InChI is InChI=1S/C31H28N4O5/c1-3-40-26-16-14-25(15-17-26)33-28(37)21-9-12-24(13-10-21)32-27(36)19-35-29(38)31(2,34-30(35)39)23-11-8-20-6-4-5-7-22(20)18-23/h4-18H,3,19H2,1-2H3,(H,32,36)(H,33,37)(H,34,39)/t31-/m0/s1. The molecule has 0 spiro atoms. The molecule has 1 saturated heterocycles. The van der Waals surface area contributed by atoms with Crippen molar-refractivity contribution in [3.63, 3.8) is 0 Å². The fourth-order valence-corrected chi connectivity index (χ4v) is 4.59. The zero-order valence-electron chi connectivity index (χ0n) is 22.1. The minimum absolute atomic E-state index is 0.311. The molecule has 1 fully saturated rings. The van der Waals surface area contributed by atoms with Gasteiger partial charge in [-0.15, -0.1) is 0 Å². The number of nitrogens with zero attached hydrogens (tertiary/aromatic N) is 1. The first-order valence-corrected chi connectivity index (χ1v) is 12.8. The Hall–Kier alpha value is -5.18. The van der Waals surface area contributed by atoms with Crippen molar-refractivity contribution in [2.75, 3.05) is 23.8 Å². The van der Waals surface area contributed by atoms with E-state index < -0.39 is 29.9 Å². The van der Waals surface area contributed by atoms with E-state index in [2.05, 4.69) is 16.0 Å². The van der Waals surface area contributed by atoms with Crippen LogP contribution in [0.1, 0.15) is 29.8 Å². The van der Waals surface area contributed by atoms with E-state index in [4.69, 9.17) is 4.74 Å². The van der Waals surface area contributed by atoms with Gasteiger partial charge in [-0.1, -0.05) is 36.4 Å². The predicted octanol–water partition coefficient (Wildman–Crippen LogP) is 4.90. The first-order chi connectivity index (χ1) is 19.3. The van der Waals surface area contributed by atoms with E-state index in [1.165, 1.54) is 0 Å². The highest BCUT2D eigenvalue weighted by molar-refractivity contribution is 6.10. The zero-order chi connectivity index (χ0) is 28.3. The molecular weight excluding hydrogens is 508 g/mol.